The van der Waals surface area contributed by atoms with E-state index in [1.807, 2.05) is 0 Å². The molecular formula is C17H25N3O5S. The van der Waals surface area contributed by atoms with Crippen molar-refractivity contribution >= 4 is 27.5 Å². The molecule has 1 saturated heterocycles. The van der Waals surface area contributed by atoms with Crippen molar-refractivity contribution in [1.82, 2.24) is 9.78 Å². The first-order valence-electron chi connectivity index (χ1n) is 9.07. The Labute approximate surface area is 153 Å². The fraction of sp³-hybridized carbons (Fsp3) is 0.706. The van der Waals surface area contributed by atoms with Gasteiger partial charge in [-0.15, -0.1) is 0 Å². The second-order valence-corrected chi connectivity index (χ2v) is 9.39. The lowest BCUT2D eigenvalue weighted by molar-refractivity contribution is -0.152. The molecule has 9 heteroatoms. The van der Waals surface area contributed by atoms with Crippen molar-refractivity contribution in [2.75, 3.05) is 23.4 Å². The van der Waals surface area contributed by atoms with Crippen LogP contribution in [0.3, 0.4) is 0 Å². The predicted octanol–water partition coefficient (Wildman–Crippen LogP) is 1.61. The van der Waals surface area contributed by atoms with E-state index >= 15 is 0 Å². The predicted molar refractivity (Wildman–Crippen MR) is 95.4 cm³/mol. The molecule has 0 spiro atoms. The molecular weight excluding hydrogens is 358 g/mol. The number of sulfone groups is 1. The third kappa shape index (κ3) is 4.63. The summed E-state index contributed by atoms with van der Waals surface area (Å²) in [6, 6.07) is 1.40. The van der Waals surface area contributed by atoms with Gasteiger partial charge in [-0.05, 0) is 26.2 Å². The van der Waals surface area contributed by atoms with Gasteiger partial charge in [0, 0.05) is 6.07 Å². The summed E-state index contributed by atoms with van der Waals surface area (Å²) in [5.74, 6) is -0.282. The van der Waals surface area contributed by atoms with Crippen LogP contribution in [0.1, 0.15) is 50.3 Å². The number of hydrogen-bond donors (Lipinski definition) is 1. The normalized spacial score (nSPS) is 22.9. The molecule has 2 fully saturated rings. The lowest BCUT2D eigenvalue weighted by Crippen LogP contribution is -2.27. The molecule has 1 aromatic heterocycles. The first-order valence-corrected chi connectivity index (χ1v) is 10.9. The van der Waals surface area contributed by atoms with Crippen LogP contribution in [-0.2, 0) is 24.2 Å². The van der Waals surface area contributed by atoms with Gasteiger partial charge in [-0.1, -0.05) is 19.3 Å². The molecule has 1 N–H and O–H groups in total. The van der Waals surface area contributed by atoms with E-state index in [4.69, 9.17) is 4.74 Å². The Balaban J connectivity index is 1.57. The molecule has 1 aromatic rings. The third-order valence-corrected chi connectivity index (χ3v) is 6.71. The summed E-state index contributed by atoms with van der Waals surface area (Å²) in [4.78, 5) is 24.2. The lowest BCUT2D eigenvalue weighted by atomic mass is 9.89. The topological polar surface area (TPSA) is 107 Å². The Morgan fingerprint density at radius 3 is 2.65 bits per heavy atom. The highest BCUT2D eigenvalue weighted by atomic mass is 32.2. The number of aromatic nitrogens is 2. The van der Waals surface area contributed by atoms with Crippen LogP contribution in [0.2, 0.25) is 0 Å². The SMILES string of the molecule is Cc1cc(NC(=O)COC(=O)C2CCCCC2)n([C@H]2CCS(=O)(=O)C2)n1. The van der Waals surface area contributed by atoms with Crippen LogP contribution in [0.5, 0.6) is 0 Å². The van der Waals surface area contributed by atoms with Gasteiger partial charge in [-0.2, -0.15) is 5.10 Å². The van der Waals surface area contributed by atoms with E-state index < -0.39 is 15.7 Å². The summed E-state index contributed by atoms with van der Waals surface area (Å²) in [5, 5.41) is 6.99. The second-order valence-electron chi connectivity index (χ2n) is 7.16. The zero-order valence-electron chi connectivity index (χ0n) is 14.9. The first-order chi connectivity index (χ1) is 12.3. The van der Waals surface area contributed by atoms with Crippen LogP contribution >= 0.6 is 0 Å². The zero-order chi connectivity index (χ0) is 18.7. The molecule has 0 bridgehead atoms. The monoisotopic (exact) mass is 383 g/mol. The van der Waals surface area contributed by atoms with Crippen LogP contribution in [0, 0.1) is 12.8 Å². The van der Waals surface area contributed by atoms with Crippen molar-refractivity contribution in [2.45, 2.75) is 51.5 Å². The minimum Gasteiger partial charge on any atom is -0.455 e. The molecule has 144 valence electrons. The van der Waals surface area contributed by atoms with Gasteiger partial charge < -0.3 is 10.1 Å². The van der Waals surface area contributed by atoms with Gasteiger partial charge in [0.1, 0.15) is 5.82 Å². The molecule has 3 rings (SSSR count). The van der Waals surface area contributed by atoms with Crippen molar-refractivity contribution in [2.24, 2.45) is 5.92 Å². The van der Waals surface area contributed by atoms with Gasteiger partial charge in [0.15, 0.2) is 16.4 Å². The van der Waals surface area contributed by atoms with Gasteiger partial charge in [0.25, 0.3) is 5.91 Å². The fourth-order valence-corrected chi connectivity index (χ4v) is 5.32. The number of hydrogen-bond acceptors (Lipinski definition) is 6. The van der Waals surface area contributed by atoms with E-state index in [1.54, 1.807) is 17.7 Å². The van der Waals surface area contributed by atoms with Gasteiger partial charge in [0.05, 0.1) is 29.2 Å². The van der Waals surface area contributed by atoms with Gasteiger partial charge in [0.2, 0.25) is 0 Å². The van der Waals surface area contributed by atoms with Crippen molar-refractivity contribution < 1.29 is 22.7 Å². The number of anilines is 1. The van der Waals surface area contributed by atoms with E-state index in [-0.39, 0.29) is 36.0 Å². The summed E-state index contributed by atoms with van der Waals surface area (Å²) in [6.07, 6.45) is 5.31. The van der Waals surface area contributed by atoms with Crippen molar-refractivity contribution in [3.05, 3.63) is 11.8 Å². The van der Waals surface area contributed by atoms with Crippen LogP contribution in [-0.4, -0.2) is 48.2 Å². The van der Waals surface area contributed by atoms with E-state index in [1.165, 1.54) is 0 Å². The number of ether oxygens (including phenoxy) is 1. The quantitative estimate of drug-likeness (QED) is 0.774. The summed E-state index contributed by atoms with van der Waals surface area (Å²) in [7, 11) is -3.06. The Kier molecular flexibility index (Phi) is 5.64. The third-order valence-electron chi connectivity index (χ3n) is 4.96. The van der Waals surface area contributed by atoms with Crippen LogP contribution in [0.15, 0.2) is 6.07 Å². The number of carbonyl (C=O) groups is 2. The number of amides is 1. The van der Waals surface area contributed by atoms with Crippen LogP contribution < -0.4 is 5.32 Å². The molecule has 1 aliphatic heterocycles. The van der Waals surface area contributed by atoms with E-state index in [2.05, 4.69) is 10.4 Å². The highest BCUT2D eigenvalue weighted by molar-refractivity contribution is 7.91. The lowest BCUT2D eigenvalue weighted by Gasteiger charge is -2.19. The smallest absolute Gasteiger partial charge is 0.309 e. The van der Waals surface area contributed by atoms with Gasteiger partial charge >= 0.3 is 5.97 Å². The van der Waals surface area contributed by atoms with Crippen molar-refractivity contribution in [1.29, 1.82) is 0 Å². The van der Waals surface area contributed by atoms with Crippen molar-refractivity contribution in [3.8, 4) is 0 Å². The van der Waals surface area contributed by atoms with E-state index in [0.717, 1.165) is 32.1 Å². The van der Waals surface area contributed by atoms with Crippen LogP contribution in [0.25, 0.3) is 0 Å². The summed E-state index contributed by atoms with van der Waals surface area (Å²) >= 11 is 0. The molecule has 0 radical (unpaired) electrons. The molecule has 1 aliphatic carbocycles. The number of nitrogens with one attached hydrogen (secondary N) is 1. The standard InChI is InChI=1S/C17H25N3O5S/c1-12-9-15(20(19-12)14-7-8-26(23,24)11-14)18-16(21)10-25-17(22)13-5-3-2-4-6-13/h9,13-14H,2-8,10-11H2,1H3,(H,18,21)/t14-/m0/s1. The zero-order valence-corrected chi connectivity index (χ0v) is 15.8. The minimum atomic E-state index is -3.06. The summed E-state index contributed by atoms with van der Waals surface area (Å²) in [6.45, 7) is 1.43. The molecule has 26 heavy (non-hydrogen) atoms. The van der Waals surface area contributed by atoms with Crippen LogP contribution in [0.4, 0.5) is 5.82 Å². The Bertz CT molecular complexity index is 780. The average Bonchev–Trinajstić information content (AvgIpc) is 3.15. The number of rotatable bonds is 5. The molecule has 1 saturated carbocycles. The number of esters is 1. The maximum absolute atomic E-state index is 12.2. The second kappa shape index (κ2) is 7.77. The molecule has 2 aliphatic rings. The Morgan fingerprint density at radius 2 is 2.00 bits per heavy atom. The van der Waals surface area contributed by atoms with Crippen molar-refractivity contribution in [3.63, 3.8) is 0 Å². The molecule has 0 aromatic carbocycles. The summed E-state index contributed by atoms with van der Waals surface area (Å²) in [5.41, 5.74) is 0.684. The molecule has 8 nitrogen and oxygen atoms in total. The van der Waals surface area contributed by atoms with E-state index in [9.17, 15) is 18.0 Å². The highest BCUT2D eigenvalue weighted by Crippen LogP contribution is 2.27. The maximum Gasteiger partial charge on any atom is 0.309 e. The molecule has 0 unspecified atom stereocenters. The molecule has 1 atom stereocenters. The van der Waals surface area contributed by atoms with E-state index in [0.29, 0.717) is 17.9 Å². The summed E-state index contributed by atoms with van der Waals surface area (Å²) < 4.78 is 30.1. The maximum atomic E-state index is 12.2. The highest BCUT2D eigenvalue weighted by Gasteiger charge is 2.31. The number of carbonyl (C=O) groups excluding carboxylic acids is 2. The minimum absolute atomic E-state index is 0.0215. The van der Waals surface area contributed by atoms with Gasteiger partial charge in [-0.3, -0.25) is 9.59 Å². The largest absolute Gasteiger partial charge is 0.455 e. The first kappa shape index (κ1) is 18.9. The average molecular weight is 383 g/mol. The molecule has 2 heterocycles. The Hall–Kier alpha value is -1.90. The number of aryl methyl sites for hydroxylation is 1. The fourth-order valence-electron chi connectivity index (χ4n) is 3.63. The Morgan fingerprint density at radius 1 is 1.27 bits per heavy atom. The van der Waals surface area contributed by atoms with Gasteiger partial charge in [-0.25, -0.2) is 13.1 Å². The number of nitrogens with zero attached hydrogens (tertiary/aromatic N) is 2. The molecule has 1 amide bonds.